The predicted molar refractivity (Wildman–Crippen MR) is 122 cm³/mol. The Bertz CT molecular complexity index is 792. The van der Waals surface area contributed by atoms with Crippen molar-refractivity contribution in [3.63, 3.8) is 0 Å². The van der Waals surface area contributed by atoms with Gasteiger partial charge in [-0.3, -0.25) is 9.78 Å². The number of carbonyl (C=O) groups is 1. The van der Waals surface area contributed by atoms with Gasteiger partial charge in [-0.15, -0.1) is 0 Å². The lowest BCUT2D eigenvalue weighted by molar-refractivity contribution is -0.137. The van der Waals surface area contributed by atoms with E-state index in [1.165, 1.54) is 6.42 Å². The fraction of sp³-hybridized carbons (Fsp3) is 0.760. The van der Waals surface area contributed by atoms with E-state index in [2.05, 4.69) is 38.0 Å². The van der Waals surface area contributed by atoms with E-state index in [1.54, 1.807) is 4.90 Å². The van der Waals surface area contributed by atoms with Crippen LogP contribution in [0.3, 0.4) is 0 Å². The molecule has 4 atom stereocenters. The van der Waals surface area contributed by atoms with Crippen LogP contribution in [0.4, 0.5) is 13.2 Å². The van der Waals surface area contributed by atoms with E-state index < -0.39 is 11.7 Å². The average Bonchev–Trinajstić information content (AvgIpc) is 3.24. The Labute approximate surface area is 195 Å². The minimum atomic E-state index is -4.42. The van der Waals surface area contributed by atoms with Crippen molar-refractivity contribution in [2.75, 3.05) is 19.8 Å². The van der Waals surface area contributed by atoms with Crippen molar-refractivity contribution in [2.45, 2.75) is 84.6 Å². The molecule has 0 spiro atoms. The lowest BCUT2D eigenvalue weighted by Gasteiger charge is -2.37. The SMILES string of the molecule is CC1COCC(C)C1NC1CCC(C(=O)N2CCc3ncc(C(F)(F)F)cc3C2)C1.CCC. The molecular formula is C25H38F3N3O2. The molecule has 1 saturated carbocycles. The molecule has 1 N–H and O–H groups in total. The highest BCUT2D eigenvalue weighted by Crippen LogP contribution is 2.33. The second-order valence-electron chi connectivity index (χ2n) is 9.94. The molecule has 5 nitrogen and oxygen atoms in total. The van der Waals surface area contributed by atoms with Crippen LogP contribution in [-0.2, 0) is 28.7 Å². The quantitative estimate of drug-likeness (QED) is 0.689. The number of alkyl halides is 3. The Morgan fingerprint density at radius 1 is 1.21 bits per heavy atom. The molecule has 1 aliphatic carbocycles. The van der Waals surface area contributed by atoms with Gasteiger partial charge in [0, 0.05) is 49.4 Å². The third-order valence-corrected chi connectivity index (χ3v) is 6.88. The second-order valence-corrected chi connectivity index (χ2v) is 9.94. The first-order valence-electron chi connectivity index (χ1n) is 12.3. The molecule has 0 aromatic carbocycles. The van der Waals surface area contributed by atoms with Crippen molar-refractivity contribution in [1.82, 2.24) is 15.2 Å². The van der Waals surface area contributed by atoms with Crippen LogP contribution in [0, 0.1) is 17.8 Å². The highest BCUT2D eigenvalue weighted by Gasteiger charge is 2.38. The lowest BCUT2D eigenvalue weighted by Crippen LogP contribution is -2.50. The van der Waals surface area contributed by atoms with E-state index >= 15 is 0 Å². The van der Waals surface area contributed by atoms with Crippen molar-refractivity contribution in [3.8, 4) is 0 Å². The maximum atomic E-state index is 13.1. The Morgan fingerprint density at radius 3 is 2.52 bits per heavy atom. The molecule has 1 amide bonds. The number of pyridine rings is 1. The summed E-state index contributed by atoms with van der Waals surface area (Å²) in [4.78, 5) is 18.8. The van der Waals surface area contributed by atoms with Gasteiger partial charge in [-0.2, -0.15) is 13.2 Å². The average molecular weight is 470 g/mol. The van der Waals surface area contributed by atoms with Crippen LogP contribution in [0.5, 0.6) is 0 Å². The minimum Gasteiger partial charge on any atom is -0.381 e. The van der Waals surface area contributed by atoms with Gasteiger partial charge in [-0.05, 0) is 42.7 Å². The van der Waals surface area contributed by atoms with Crippen molar-refractivity contribution in [2.24, 2.45) is 17.8 Å². The molecular weight excluding hydrogens is 431 g/mol. The molecule has 4 rings (SSSR count). The normalized spacial score (nSPS) is 29.8. The van der Waals surface area contributed by atoms with Crippen LogP contribution in [0.25, 0.3) is 0 Å². The predicted octanol–water partition coefficient (Wildman–Crippen LogP) is 4.83. The molecule has 2 fully saturated rings. The van der Waals surface area contributed by atoms with Crippen LogP contribution >= 0.6 is 0 Å². The molecule has 2 aliphatic heterocycles. The van der Waals surface area contributed by atoms with E-state index in [0.29, 0.717) is 48.1 Å². The van der Waals surface area contributed by atoms with Gasteiger partial charge in [0.2, 0.25) is 5.91 Å². The molecule has 3 heterocycles. The van der Waals surface area contributed by atoms with E-state index in [1.807, 2.05) is 0 Å². The number of halogens is 3. The number of fused-ring (bicyclic) bond motifs is 1. The summed E-state index contributed by atoms with van der Waals surface area (Å²) in [7, 11) is 0. The van der Waals surface area contributed by atoms with Gasteiger partial charge in [0.25, 0.3) is 0 Å². The smallest absolute Gasteiger partial charge is 0.381 e. The van der Waals surface area contributed by atoms with Gasteiger partial charge in [-0.1, -0.05) is 34.1 Å². The zero-order valence-electron chi connectivity index (χ0n) is 20.3. The Kier molecular flexibility index (Phi) is 8.78. The summed E-state index contributed by atoms with van der Waals surface area (Å²) in [5, 5.41) is 3.76. The molecule has 0 bridgehead atoms. The Morgan fingerprint density at radius 2 is 1.88 bits per heavy atom. The largest absolute Gasteiger partial charge is 0.417 e. The summed E-state index contributed by atoms with van der Waals surface area (Å²) in [6, 6.07) is 1.85. The first-order valence-corrected chi connectivity index (χ1v) is 12.3. The summed E-state index contributed by atoms with van der Waals surface area (Å²) < 4.78 is 44.7. The summed E-state index contributed by atoms with van der Waals surface area (Å²) in [5.74, 6) is 0.888. The molecule has 3 aliphatic rings. The number of rotatable bonds is 3. The standard InChI is InChI=1S/C22H30F3N3O2.C3H8/c1-13-11-30-12-14(2)20(13)27-18-4-3-15(8-18)21(29)28-6-5-19-16(10-28)7-17(9-26-19)22(23,24)25;1-3-2/h7,9,13-15,18,20,27H,3-6,8,10-12H2,1-2H3;3H2,1-2H3. The lowest BCUT2D eigenvalue weighted by atomic mass is 9.88. The fourth-order valence-corrected chi connectivity index (χ4v) is 5.19. The molecule has 1 aromatic rings. The minimum absolute atomic E-state index is 0.0618. The van der Waals surface area contributed by atoms with Gasteiger partial charge >= 0.3 is 6.18 Å². The van der Waals surface area contributed by atoms with E-state index in [9.17, 15) is 18.0 Å². The van der Waals surface area contributed by atoms with Crippen LogP contribution in [0.15, 0.2) is 12.3 Å². The van der Waals surface area contributed by atoms with Gasteiger partial charge in [0.15, 0.2) is 0 Å². The number of hydrogen-bond donors (Lipinski definition) is 1. The molecule has 33 heavy (non-hydrogen) atoms. The third-order valence-electron chi connectivity index (χ3n) is 6.88. The number of hydrogen-bond acceptors (Lipinski definition) is 4. The van der Waals surface area contributed by atoms with E-state index in [-0.39, 0.29) is 18.4 Å². The zero-order valence-corrected chi connectivity index (χ0v) is 20.3. The third kappa shape index (κ3) is 6.47. The van der Waals surface area contributed by atoms with E-state index in [0.717, 1.165) is 44.7 Å². The number of carbonyl (C=O) groups excluding carboxylic acids is 1. The second kappa shape index (κ2) is 11.2. The topological polar surface area (TPSA) is 54.5 Å². The number of amides is 1. The van der Waals surface area contributed by atoms with Gasteiger partial charge in [-0.25, -0.2) is 0 Å². The van der Waals surface area contributed by atoms with Crippen molar-refractivity contribution in [3.05, 3.63) is 29.1 Å². The first-order chi connectivity index (χ1) is 15.6. The maximum Gasteiger partial charge on any atom is 0.417 e. The van der Waals surface area contributed by atoms with Crippen LogP contribution < -0.4 is 5.32 Å². The van der Waals surface area contributed by atoms with Crippen molar-refractivity contribution >= 4 is 5.91 Å². The van der Waals surface area contributed by atoms with Crippen molar-refractivity contribution in [1.29, 1.82) is 0 Å². The fourth-order valence-electron chi connectivity index (χ4n) is 5.19. The monoisotopic (exact) mass is 469 g/mol. The molecule has 1 aromatic heterocycles. The molecule has 186 valence electrons. The highest BCUT2D eigenvalue weighted by molar-refractivity contribution is 5.79. The van der Waals surface area contributed by atoms with Gasteiger partial charge < -0.3 is 15.0 Å². The first kappa shape index (κ1) is 25.9. The van der Waals surface area contributed by atoms with Crippen molar-refractivity contribution < 1.29 is 22.7 Å². The maximum absolute atomic E-state index is 13.1. The Hall–Kier alpha value is -1.67. The number of ether oxygens (including phenoxy) is 1. The van der Waals surface area contributed by atoms with Crippen LogP contribution in [-0.4, -0.2) is 47.6 Å². The molecule has 1 saturated heterocycles. The van der Waals surface area contributed by atoms with Crippen LogP contribution in [0.1, 0.15) is 70.2 Å². The number of aromatic nitrogens is 1. The summed E-state index contributed by atoms with van der Waals surface area (Å²) in [6.45, 7) is 10.9. The Balaban J connectivity index is 0.000000968. The number of nitrogens with one attached hydrogen (secondary N) is 1. The zero-order chi connectivity index (χ0) is 24.2. The summed E-state index contributed by atoms with van der Waals surface area (Å²) in [5.41, 5.74) is 0.433. The molecule has 8 heteroatoms. The molecule has 0 radical (unpaired) electrons. The molecule has 4 unspecified atom stereocenters. The van der Waals surface area contributed by atoms with Gasteiger partial charge in [0.05, 0.1) is 18.8 Å². The number of nitrogens with zero attached hydrogens (tertiary/aromatic N) is 2. The van der Waals surface area contributed by atoms with Crippen LogP contribution in [0.2, 0.25) is 0 Å². The summed E-state index contributed by atoms with van der Waals surface area (Å²) >= 11 is 0. The van der Waals surface area contributed by atoms with E-state index in [4.69, 9.17) is 4.74 Å². The summed E-state index contributed by atoms with van der Waals surface area (Å²) in [6.07, 6.45) is 0.799. The van der Waals surface area contributed by atoms with Gasteiger partial charge in [0.1, 0.15) is 0 Å². The highest BCUT2D eigenvalue weighted by atomic mass is 19.4.